The Bertz CT molecular complexity index is 858. The molecule has 3 aromatic rings. The lowest BCUT2D eigenvalue weighted by Crippen LogP contribution is -2.19. The fourth-order valence-electron chi connectivity index (χ4n) is 2.35. The van der Waals surface area contributed by atoms with Gasteiger partial charge >= 0.3 is 6.18 Å². The van der Waals surface area contributed by atoms with Gasteiger partial charge in [-0.1, -0.05) is 6.07 Å². The average Bonchev–Trinajstić information content (AvgIpc) is 2.79. The maximum Gasteiger partial charge on any atom is 0.422 e. The van der Waals surface area contributed by atoms with Crippen LogP contribution in [0.15, 0.2) is 36.7 Å². The number of nitrogens with zero attached hydrogens (tertiary/aromatic N) is 3. The molecule has 0 aliphatic rings. The molecule has 0 atom stereocenters. The molecule has 0 amide bonds. The van der Waals surface area contributed by atoms with E-state index in [4.69, 9.17) is 10.5 Å². The number of pyridine rings is 1. The summed E-state index contributed by atoms with van der Waals surface area (Å²) in [4.78, 5) is 3.83. The first kappa shape index (κ1) is 15.1. The molecular formula is C15H13F3N4O. The van der Waals surface area contributed by atoms with Crippen molar-refractivity contribution in [2.45, 2.75) is 6.18 Å². The number of alkyl halides is 3. The SMILES string of the molecule is Cn1nc(N)c2ccc(-c3ccncc3OCC(F)(F)F)cc21. The van der Waals surface area contributed by atoms with Gasteiger partial charge in [0.1, 0.15) is 5.75 Å². The van der Waals surface area contributed by atoms with Gasteiger partial charge in [-0.2, -0.15) is 18.3 Å². The van der Waals surface area contributed by atoms with Crippen molar-refractivity contribution in [1.29, 1.82) is 0 Å². The second-order valence-electron chi connectivity index (χ2n) is 5.02. The van der Waals surface area contributed by atoms with Crippen molar-refractivity contribution in [2.24, 2.45) is 7.05 Å². The van der Waals surface area contributed by atoms with Crippen LogP contribution < -0.4 is 10.5 Å². The van der Waals surface area contributed by atoms with Crippen molar-refractivity contribution in [3.63, 3.8) is 0 Å². The van der Waals surface area contributed by atoms with Crippen molar-refractivity contribution in [3.05, 3.63) is 36.7 Å². The van der Waals surface area contributed by atoms with Crippen molar-refractivity contribution in [1.82, 2.24) is 14.8 Å². The number of fused-ring (bicyclic) bond motifs is 1. The molecule has 0 bridgehead atoms. The maximum atomic E-state index is 12.4. The first-order valence-electron chi connectivity index (χ1n) is 6.71. The van der Waals surface area contributed by atoms with Gasteiger partial charge in [0.2, 0.25) is 0 Å². The summed E-state index contributed by atoms with van der Waals surface area (Å²) >= 11 is 0. The average molecular weight is 322 g/mol. The zero-order chi connectivity index (χ0) is 16.6. The van der Waals surface area contributed by atoms with E-state index in [1.165, 1.54) is 12.4 Å². The second-order valence-corrected chi connectivity index (χ2v) is 5.02. The third kappa shape index (κ3) is 3.05. The third-order valence-electron chi connectivity index (χ3n) is 3.37. The summed E-state index contributed by atoms with van der Waals surface area (Å²) in [5, 5.41) is 4.90. The Morgan fingerprint density at radius 1 is 1.26 bits per heavy atom. The lowest BCUT2D eigenvalue weighted by Gasteiger charge is -2.13. The Balaban J connectivity index is 2.03. The van der Waals surface area contributed by atoms with Crippen LogP contribution in [0, 0.1) is 0 Å². The summed E-state index contributed by atoms with van der Waals surface area (Å²) in [5.41, 5.74) is 7.79. The van der Waals surface area contributed by atoms with Gasteiger partial charge in [-0.3, -0.25) is 9.67 Å². The molecule has 1 aromatic carbocycles. The summed E-state index contributed by atoms with van der Waals surface area (Å²) in [7, 11) is 1.75. The minimum Gasteiger partial charge on any atom is -0.482 e. The first-order chi connectivity index (χ1) is 10.8. The largest absolute Gasteiger partial charge is 0.482 e. The lowest BCUT2D eigenvalue weighted by atomic mass is 10.0. The molecule has 0 aliphatic carbocycles. The minimum atomic E-state index is -4.41. The molecule has 3 rings (SSSR count). The van der Waals surface area contributed by atoms with E-state index in [0.29, 0.717) is 16.9 Å². The van der Waals surface area contributed by atoms with Crippen LogP contribution in [0.25, 0.3) is 22.0 Å². The first-order valence-corrected chi connectivity index (χ1v) is 6.71. The third-order valence-corrected chi connectivity index (χ3v) is 3.37. The van der Waals surface area contributed by atoms with E-state index in [1.807, 2.05) is 0 Å². The van der Waals surface area contributed by atoms with Crippen LogP contribution in [-0.2, 0) is 7.05 Å². The predicted molar refractivity (Wildman–Crippen MR) is 79.9 cm³/mol. The number of nitrogens with two attached hydrogens (primary N) is 1. The number of aromatic nitrogens is 3. The quantitative estimate of drug-likeness (QED) is 0.804. The van der Waals surface area contributed by atoms with Crippen molar-refractivity contribution in [2.75, 3.05) is 12.3 Å². The zero-order valence-corrected chi connectivity index (χ0v) is 12.1. The molecule has 2 heterocycles. The molecule has 5 nitrogen and oxygen atoms in total. The fourth-order valence-corrected chi connectivity index (χ4v) is 2.35. The number of halogens is 3. The summed E-state index contributed by atoms with van der Waals surface area (Å²) in [5.74, 6) is 0.469. The van der Waals surface area contributed by atoms with E-state index in [-0.39, 0.29) is 5.75 Å². The molecule has 0 fully saturated rings. The van der Waals surface area contributed by atoms with E-state index >= 15 is 0 Å². The lowest BCUT2D eigenvalue weighted by molar-refractivity contribution is -0.153. The molecule has 0 radical (unpaired) electrons. The van der Waals surface area contributed by atoms with Crippen molar-refractivity contribution < 1.29 is 17.9 Å². The van der Waals surface area contributed by atoms with Crippen LogP contribution in [-0.4, -0.2) is 27.5 Å². The number of nitrogen functional groups attached to an aromatic ring is 1. The van der Waals surface area contributed by atoms with E-state index in [9.17, 15) is 13.2 Å². The van der Waals surface area contributed by atoms with Crippen LogP contribution in [0.2, 0.25) is 0 Å². The van der Waals surface area contributed by atoms with Gasteiger partial charge in [0.25, 0.3) is 0 Å². The number of rotatable bonds is 3. The van der Waals surface area contributed by atoms with Gasteiger partial charge in [-0.25, -0.2) is 0 Å². The second kappa shape index (κ2) is 5.45. The number of anilines is 1. The van der Waals surface area contributed by atoms with Gasteiger partial charge in [-0.15, -0.1) is 0 Å². The molecule has 120 valence electrons. The molecule has 2 N–H and O–H groups in total. The monoisotopic (exact) mass is 322 g/mol. The number of aryl methyl sites for hydroxylation is 1. The summed E-state index contributed by atoms with van der Waals surface area (Å²) in [6.07, 6.45) is -1.64. The van der Waals surface area contributed by atoms with Crippen LogP contribution in [0.3, 0.4) is 0 Å². The van der Waals surface area contributed by atoms with Crippen molar-refractivity contribution in [3.8, 4) is 16.9 Å². The number of hydrogen-bond donors (Lipinski definition) is 1. The van der Waals surface area contributed by atoms with Crippen LogP contribution >= 0.6 is 0 Å². The molecular weight excluding hydrogens is 309 g/mol. The minimum absolute atomic E-state index is 0.0688. The van der Waals surface area contributed by atoms with Gasteiger partial charge in [-0.05, 0) is 23.8 Å². The summed E-state index contributed by atoms with van der Waals surface area (Å²) < 4.78 is 43.6. The Morgan fingerprint density at radius 2 is 2.04 bits per heavy atom. The predicted octanol–water partition coefficient (Wildman–Crippen LogP) is 3.16. The molecule has 23 heavy (non-hydrogen) atoms. The highest BCUT2D eigenvalue weighted by molar-refractivity contribution is 5.92. The summed E-state index contributed by atoms with van der Waals surface area (Å²) in [6.45, 7) is -1.37. The molecule has 2 aromatic heterocycles. The molecule has 0 saturated heterocycles. The molecule has 0 spiro atoms. The number of ether oxygens (including phenoxy) is 1. The van der Waals surface area contributed by atoms with E-state index in [2.05, 4.69) is 10.1 Å². The Morgan fingerprint density at radius 3 is 2.78 bits per heavy atom. The highest BCUT2D eigenvalue weighted by atomic mass is 19.4. The van der Waals surface area contributed by atoms with Gasteiger partial charge in [0.15, 0.2) is 12.4 Å². The van der Waals surface area contributed by atoms with E-state index in [0.717, 1.165) is 10.9 Å². The van der Waals surface area contributed by atoms with Gasteiger partial charge in [0.05, 0.1) is 11.7 Å². The van der Waals surface area contributed by atoms with E-state index in [1.54, 1.807) is 36.0 Å². The smallest absolute Gasteiger partial charge is 0.422 e. The fraction of sp³-hybridized carbons (Fsp3) is 0.200. The number of benzene rings is 1. The summed E-state index contributed by atoms with van der Waals surface area (Å²) in [6, 6.07) is 6.94. The molecule has 0 unspecified atom stereocenters. The molecule has 8 heteroatoms. The topological polar surface area (TPSA) is 66.0 Å². The molecule has 0 aliphatic heterocycles. The van der Waals surface area contributed by atoms with Crippen LogP contribution in [0.1, 0.15) is 0 Å². The Kier molecular flexibility index (Phi) is 3.59. The molecule has 0 saturated carbocycles. The Labute approximate surface area is 129 Å². The Hall–Kier alpha value is -2.77. The number of hydrogen-bond acceptors (Lipinski definition) is 4. The van der Waals surface area contributed by atoms with Crippen LogP contribution in [0.4, 0.5) is 19.0 Å². The zero-order valence-electron chi connectivity index (χ0n) is 12.1. The van der Waals surface area contributed by atoms with Gasteiger partial charge < -0.3 is 10.5 Å². The normalized spacial score (nSPS) is 11.8. The van der Waals surface area contributed by atoms with Crippen LogP contribution in [0.5, 0.6) is 5.75 Å². The van der Waals surface area contributed by atoms with Crippen molar-refractivity contribution >= 4 is 16.7 Å². The maximum absolute atomic E-state index is 12.4. The standard InChI is InChI=1S/C15H13F3N4O/c1-22-12-6-9(2-3-11(12)14(19)21-22)10-4-5-20-7-13(10)23-8-15(16,17)18/h2-7H,8H2,1H3,(H2,19,21). The van der Waals surface area contributed by atoms with E-state index < -0.39 is 12.8 Å². The highest BCUT2D eigenvalue weighted by Gasteiger charge is 2.29. The van der Waals surface area contributed by atoms with Gasteiger partial charge in [0, 0.05) is 24.2 Å². The highest BCUT2D eigenvalue weighted by Crippen LogP contribution is 2.33.